The molecular formula is C12H19N5O2. The van der Waals surface area contributed by atoms with Gasteiger partial charge < -0.3 is 10.1 Å². The van der Waals surface area contributed by atoms with Crippen molar-refractivity contribution in [3.05, 3.63) is 22.9 Å². The van der Waals surface area contributed by atoms with E-state index in [1.165, 1.54) is 10.7 Å². The van der Waals surface area contributed by atoms with E-state index in [0.29, 0.717) is 5.65 Å². The van der Waals surface area contributed by atoms with Gasteiger partial charge in [0.15, 0.2) is 5.65 Å². The van der Waals surface area contributed by atoms with Crippen LogP contribution in [0.5, 0.6) is 0 Å². The van der Waals surface area contributed by atoms with E-state index in [0.717, 1.165) is 31.8 Å². The third-order valence-electron chi connectivity index (χ3n) is 2.64. The predicted octanol–water partition coefficient (Wildman–Crippen LogP) is 1.03. The summed E-state index contributed by atoms with van der Waals surface area (Å²) >= 11 is 0. The Balaban J connectivity index is 1.77. The van der Waals surface area contributed by atoms with Crippen molar-refractivity contribution in [2.45, 2.75) is 32.8 Å². The summed E-state index contributed by atoms with van der Waals surface area (Å²) in [4.78, 5) is 15.4. The van der Waals surface area contributed by atoms with E-state index in [4.69, 9.17) is 4.74 Å². The Hall–Kier alpha value is -1.89. The number of ether oxygens (including phenoxy) is 1. The Morgan fingerprint density at radius 1 is 1.47 bits per heavy atom. The zero-order chi connectivity index (χ0) is 13.7. The number of H-pyrrole nitrogens is 1. The Labute approximate surface area is 111 Å². The number of nitrogens with zero attached hydrogens (tertiary/aromatic N) is 3. The minimum Gasteiger partial charge on any atom is -0.379 e. The van der Waals surface area contributed by atoms with Crippen LogP contribution in [0.3, 0.4) is 0 Å². The fourth-order valence-electron chi connectivity index (χ4n) is 1.67. The van der Waals surface area contributed by atoms with Crippen LogP contribution < -0.4 is 11.0 Å². The number of fused-ring (bicyclic) bond motifs is 1. The number of nitrogens with one attached hydrogen (secondary N) is 2. The number of aromatic amines is 1. The molecule has 2 N–H and O–H groups in total. The van der Waals surface area contributed by atoms with Crippen molar-refractivity contribution in [3.8, 4) is 0 Å². The van der Waals surface area contributed by atoms with Gasteiger partial charge in [0.25, 0.3) is 0 Å². The topological polar surface area (TPSA) is 84.3 Å². The average Bonchev–Trinajstić information content (AvgIpc) is 2.75. The molecular weight excluding hydrogens is 246 g/mol. The number of hydrogen-bond acceptors (Lipinski definition) is 5. The van der Waals surface area contributed by atoms with Crippen LogP contribution in [0, 0.1) is 0 Å². The fraction of sp³-hybridized carbons (Fsp3) is 0.583. The van der Waals surface area contributed by atoms with Crippen molar-refractivity contribution >= 4 is 11.5 Å². The standard InChI is InChI=1S/C12H19N5O2/c1-9(2)19-6-4-3-5-13-10-7-11-15-16-12(18)17(11)8-14-10/h7-9,13H,3-6H2,1-2H3,(H,16,18). The van der Waals surface area contributed by atoms with Gasteiger partial charge in [0.1, 0.15) is 12.1 Å². The normalized spacial score (nSPS) is 11.3. The van der Waals surface area contributed by atoms with Gasteiger partial charge in [-0.3, -0.25) is 0 Å². The van der Waals surface area contributed by atoms with Crippen molar-refractivity contribution in [3.63, 3.8) is 0 Å². The summed E-state index contributed by atoms with van der Waals surface area (Å²) < 4.78 is 6.82. The zero-order valence-electron chi connectivity index (χ0n) is 11.2. The van der Waals surface area contributed by atoms with E-state index in [1.807, 2.05) is 13.8 Å². The molecule has 7 nitrogen and oxygen atoms in total. The molecule has 2 aromatic rings. The molecule has 0 amide bonds. The number of unbranched alkanes of at least 4 members (excludes halogenated alkanes) is 1. The number of aromatic nitrogens is 4. The first-order valence-corrected chi connectivity index (χ1v) is 6.45. The van der Waals surface area contributed by atoms with Crippen molar-refractivity contribution in [2.24, 2.45) is 0 Å². The Morgan fingerprint density at radius 2 is 2.32 bits per heavy atom. The lowest BCUT2D eigenvalue weighted by Crippen LogP contribution is -2.11. The van der Waals surface area contributed by atoms with Gasteiger partial charge in [-0.25, -0.2) is 19.3 Å². The molecule has 0 bridgehead atoms. The molecule has 2 aromatic heterocycles. The molecule has 0 radical (unpaired) electrons. The van der Waals surface area contributed by atoms with Crippen LogP contribution in [0.4, 0.5) is 5.82 Å². The molecule has 0 aromatic carbocycles. The second-order valence-corrected chi connectivity index (χ2v) is 4.58. The fourth-order valence-corrected chi connectivity index (χ4v) is 1.67. The number of rotatable bonds is 7. The minimum atomic E-state index is -0.278. The van der Waals surface area contributed by atoms with Gasteiger partial charge in [-0.05, 0) is 26.7 Å². The van der Waals surface area contributed by atoms with Crippen molar-refractivity contribution in [1.82, 2.24) is 19.6 Å². The highest BCUT2D eigenvalue weighted by molar-refractivity contribution is 5.48. The van der Waals surface area contributed by atoms with E-state index in [1.54, 1.807) is 6.07 Å². The Bertz CT molecular complexity index is 575. The smallest absolute Gasteiger partial charge is 0.348 e. The van der Waals surface area contributed by atoms with Gasteiger partial charge >= 0.3 is 5.69 Å². The molecule has 0 saturated heterocycles. The van der Waals surface area contributed by atoms with Gasteiger partial charge in [0.2, 0.25) is 0 Å². The van der Waals surface area contributed by atoms with Gasteiger partial charge in [0.05, 0.1) is 6.10 Å². The first-order chi connectivity index (χ1) is 9.16. The SMILES string of the molecule is CC(C)OCCCCNc1cc2n[nH]c(=O)n2cn1. The lowest BCUT2D eigenvalue weighted by molar-refractivity contribution is 0.0765. The van der Waals surface area contributed by atoms with Crippen LogP contribution in [-0.4, -0.2) is 38.8 Å². The summed E-state index contributed by atoms with van der Waals surface area (Å²) in [6.07, 6.45) is 3.77. The molecule has 0 fully saturated rings. The quantitative estimate of drug-likeness (QED) is 0.731. The molecule has 0 aliphatic rings. The lowest BCUT2D eigenvalue weighted by Gasteiger charge is -2.08. The maximum atomic E-state index is 11.2. The Morgan fingerprint density at radius 3 is 3.11 bits per heavy atom. The highest BCUT2D eigenvalue weighted by atomic mass is 16.5. The van der Waals surface area contributed by atoms with Crippen LogP contribution in [0.1, 0.15) is 26.7 Å². The van der Waals surface area contributed by atoms with Gasteiger partial charge in [-0.15, -0.1) is 0 Å². The summed E-state index contributed by atoms with van der Waals surface area (Å²) in [6.45, 7) is 5.66. The van der Waals surface area contributed by atoms with Gasteiger partial charge in [-0.2, -0.15) is 5.10 Å². The summed E-state index contributed by atoms with van der Waals surface area (Å²) in [7, 11) is 0. The van der Waals surface area contributed by atoms with Crippen LogP contribution in [0.15, 0.2) is 17.2 Å². The van der Waals surface area contributed by atoms with Crippen molar-refractivity contribution < 1.29 is 4.74 Å². The highest BCUT2D eigenvalue weighted by Crippen LogP contribution is 2.04. The number of hydrogen-bond donors (Lipinski definition) is 2. The molecule has 0 spiro atoms. The molecule has 2 rings (SSSR count). The summed E-state index contributed by atoms with van der Waals surface area (Å²) in [5, 5.41) is 9.45. The summed E-state index contributed by atoms with van der Waals surface area (Å²) in [5.74, 6) is 0.719. The molecule has 2 heterocycles. The molecule has 0 aliphatic carbocycles. The largest absolute Gasteiger partial charge is 0.379 e. The maximum Gasteiger partial charge on any atom is 0.348 e. The second kappa shape index (κ2) is 6.33. The Kier molecular flexibility index (Phi) is 4.51. The predicted molar refractivity (Wildman–Crippen MR) is 72.4 cm³/mol. The van der Waals surface area contributed by atoms with Crippen LogP contribution in [0.2, 0.25) is 0 Å². The number of anilines is 1. The zero-order valence-corrected chi connectivity index (χ0v) is 11.2. The van der Waals surface area contributed by atoms with Gasteiger partial charge in [0, 0.05) is 19.2 Å². The first kappa shape index (κ1) is 13.5. The molecule has 19 heavy (non-hydrogen) atoms. The summed E-state index contributed by atoms with van der Waals surface area (Å²) in [6, 6.07) is 1.74. The van der Waals surface area contributed by atoms with Crippen LogP contribution in [-0.2, 0) is 4.74 Å². The third kappa shape index (κ3) is 3.78. The molecule has 0 saturated carbocycles. The highest BCUT2D eigenvalue weighted by Gasteiger charge is 2.01. The second-order valence-electron chi connectivity index (χ2n) is 4.58. The van der Waals surface area contributed by atoms with Gasteiger partial charge in [-0.1, -0.05) is 0 Å². The molecule has 0 aliphatic heterocycles. The van der Waals surface area contributed by atoms with E-state index in [-0.39, 0.29) is 11.8 Å². The lowest BCUT2D eigenvalue weighted by atomic mass is 10.3. The van der Waals surface area contributed by atoms with E-state index >= 15 is 0 Å². The minimum absolute atomic E-state index is 0.278. The molecule has 0 unspecified atom stereocenters. The first-order valence-electron chi connectivity index (χ1n) is 6.45. The third-order valence-corrected chi connectivity index (χ3v) is 2.64. The van der Waals surface area contributed by atoms with Crippen LogP contribution >= 0.6 is 0 Å². The summed E-state index contributed by atoms with van der Waals surface area (Å²) in [5.41, 5.74) is 0.283. The average molecular weight is 265 g/mol. The van der Waals surface area contributed by atoms with Crippen molar-refractivity contribution in [1.29, 1.82) is 0 Å². The monoisotopic (exact) mass is 265 g/mol. The van der Waals surface area contributed by atoms with E-state index in [9.17, 15) is 4.79 Å². The van der Waals surface area contributed by atoms with E-state index < -0.39 is 0 Å². The van der Waals surface area contributed by atoms with Crippen molar-refractivity contribution in [2.75, 3.05) is 18.5 Å². The van der Waals surface area contributed by atoms with Crippen LogP contribution in [0.25, 0.3) is 5.65 Å². The maximum absolute atomic E-state index is 11.2. The van der Waals surface area contributed by atoms with E-state index in [2.05, 4.69) is 20.5 Å². The molecule has 104 valence electrons. The molecule has 7 heteroatoms. The molecule has 0 atom stereocenters.